The van der Waals surface area contributed by atoms with Crippen molar-refractivity contribution in [3.05, 3.63) is 59.3 Å². The first-order valence-corrected chi connectivity index (χ1v) is 11.5. The molecule has 2 unspecified atom stereocenters. The molecule has 9 heteroatoms. The molecule has 2 heterocycles. The molecular formula is C23H27N3O5S. The number of methoxy groups -OCH3 is 2. The Bertz CT molecular complexity index is 1330. The molecule has 1 amide bonds. The summed E-state index contributed by atoms with van der Waals surface area (Å²) in [5, 5.41) is 0.830. The van der Waals surface area contributed by atoms with Gasteiger partial charge in [0.2, 0.25) is 15.9 Å². The Balaban J connectivity index is 0.00000245. The number of nitrogens with one attached hydrogen (secondary N) is 1. The molecule has 0 radical (unpaired) electrons. The van der Waals surface area contributed by atoms with E-state index in [-0.39, 0.29) is 18.7 Å². The van der Waals surface area contributed by atoms with E-state index in [4.69, 9.17) is 15.2 Å². The number of sulfonamides is 1. The van der Waals surface area contributed by atoms with E-state index in [1.807, 2.05) is 28.8 Å². The fourth-order valence-corrected chi connectivity index (χ4v) is 6.34. The van der Waals surface area contributed by atoms with E-state index < -0.39 is 27.6 Å². The van der Waals surface area contributed by atoms with Gasteiger partial charge in [0.05, 0.1) is 29.1 Å². The number of carbonyl (C=O) groups is 1. The highest BCUT2D eigenvalue weighted by atomic mass is 32.2. The Labute approximate surface area is 187 Å². The fourth-order valence-electron chi connectivity index (χ4n) is 4.94. The normalized spacial score (nSPS) is 23.2. The summed E-state index contributed by atoms with van der Waals surface area (Å²) in [6, 6.07) is 12.4. The first-order chi connectivity index (χ1) is 14.8. The van der Waals surface area contributed by atoms with Crippen molar-refractivity contribution in [3.8, 4) is 5.75 Å². The number of fused-ring (bicyclic) bond motifs is 5. The molecule has 8 nitrogen and oxygen atoms in total. The van der Waals surface area contributed by atoms with E-state index >= 15 is 0 Å². The van der Waals surface area contributed by atoms with Crippen LogP contribution in [-0.2, 0) is 31.8 Å². The molecule has 1 aliphatic heterocycles. The third-order valence-electron chi connectivity index (χ3n) is 6.37. The third kappa shape index (κ3) is 3.11. The minimum atomic E-state index is -3.88. The summed E-state index contributed by atoms with van der Waals surface area (Å²) in [6.07, 6.45) is 0.633. The monoisotopic (exact) mass is 457 g/mol. The Morgan fingerprint density at radius 1 is 1.22 bits per heavy atom. The van der Waals surface area contributed by atoms with Crippen LogP contribution in [0.3, 0.4) is 0 Å². The van der Waals surface area contributed by atoms with Gasteiger partial charge in [-0.3, -0.25) is 4.79 Å². The number of primary amides is 1. The summed E-state index contributed by atoms with van der Waals surface area (Å²) < 4.78 is 42.7. The minimum Gasteiger partial charge on any atom is -0.497 e. The van der Waals surface area contributed by atoms with Crippen molar-refractivity contribution in [1.82, 2.24) is 9.29 Å². The number of nitrogens with two attached hydrogens (primary N) is 1. The highest BCUT2D eigenvalue weighted by Gasteiger charge is 2.49. The molecule has 2 bridgehead atoms. The maximum absolute atomic E-state index is 13.3. The smallest absolute Gasteiger partial charge is 0.243 e. The molecule has 0 spiro atoms. The van der Waals surface area contributed by atoms with Crippen LogP contribution in [0.4, 0.5) is 0 Å². The third-order valence-corrected chi connectivity index (χ3v) is 7.84. The topological polar surface area (TPSA) is 113 Å². The molecule has 2 aliphatic rings. The van der Waals surface area contributed by atoms with E-state index in [0.29, 0.717) is 30.0 Å². The number of benzene rings is 2. The first kappa shape index (κ1) is 22.3. The zero-order valence-electron chi connectivity index (χ0n) is 17.2. The highest BCUT2D eigenvalue weighted by Crippen LogP contribution is 2.48. The predicted octanol–water partition coefficient (Wildman–Crippen LogP) is 2.79. The van der Waals surface area contributed by atoms with E-state index in [1.54, 1.807) is 25.3 Å². The molecule has 1 aromatic heterocycles. The maximum atomic E-state index is 13.3. The van der Waals surface area contributed by atoms with Crippen LogP contribution < -0.4 is 15.2 Å². The van der Waals surface area contributed by atoms with Gasteiger partial charge < -0.3 is 19.8 Å². The Morgan fingerprint density at radius 2 is 2.00 bits per heavy atom. The van der Waals surface area contributed by atoms with Gasteiger partial charge in [-0.05, 0) is 48.2 Å². The quantitative estimate of drug-likeness (QED) is 0.628. The van der Waals surface area contributed by atoms with E-state index in [2.05, 4.69) is 4.72 Å². The van der Waals surface area contributed by atoms with E-state index in [9.17, 15) is 13.2 Å². The zero-order valence-corrected chi connectivity index (χ0v) is 18.0. The van der Waals surface area contributed by atoms with E-state index in [0.717, 1.165) is 16.5 Å². The van der Waals surface area contributed by atoms with Crippen molar-refractivity contribution >= 4 is 26.8 Å². The van der Waals surface area contributed by atoms with Crippen LogP contribution in [0.15, 0.2) is 47.4 Å². The first-order valence-electron chi connectivity index (χ1n) is 9.97. The van der Waals surface area contributed by atoms with Crippen LogP contribution in [0.2, 0.25) is 0 Å². The largest absolute Gasteiger partial charge is 0.497 e. The van der Waals surface area contributed by atoms with E-state index in [1.165, 1.54) is 7.11 Å². The number of ether oxygens (including phenoxy) is 2. The van der Waals surface area contributed by atoms with Crippen molar-refractivity contribution in [3.63, 3.8) is 0 Å². The summed E-state index contributed by atoms with van der Waals surface area (Å²) in [6.45, 7) is 0.403. The number of rotatable bonds is 3. The predicted molar refractivity (Wildman–Crippen MR) is 121 cm³/mol. The lowest BCUT2D eigenvalue weighted by atomic mass is 9.80. The van der Waals surface area contributed by atoms with Crippen LogP contribution in [-0.4, -0.2) is 33.1 Å². The molecule has 0 saturated heterocycles. The van der Waals surface area contributed by atoms with Gasteiger partial charge in [-0.1, -0.05) is 19.6 Å². The number of hydrogen-bond acceptors (Lipinski definition) is 5. The van der Waals surface area contributed by atoms with Gasteiger partial charge in [0.1, 0.15) is 5.75 Å². The van der Waals surface area contributed by atoms with Gasteiger partial charge in [0.15, 0.2) is 5.72 Å². The summed E-state index contributed by atoms with van der Waals surface area (Å²) >= 11 is 0. The number of aromatic nitrogens is 1. The number of nitrogens with zero attached hydrogens (tertiary/aromatic N) is 1. The number of hydrogen-bond donors (Lipinski definition) is 2. The Morgan fingerprint density at radius 3 is 2.69 bits per heavy atom. The van der Waals surface area contributed by atoms with Crippen molar-refractivity contribution < 1.29 is 22.7 Å². The minimum absolute atomic E-state index is 0. The van der Waals surface area contributed by atoms with Gasteiger partial charge in [0.25, 0.3) is 0 Å². The maximum Gasteiger partial charge on any atom is 0.243 e. The SMILES string of the molecule is C.COc1ccc2c3c4n(c2c1)Cc1cccc(c1)S(=O)(=O)NC4(OC)CCC3C(N)=O. The summed E-state index contributed by atoms with van der Waals surface area (Å²) in [5.41, 5.74) is 7.41. The van der Waals surface area contributed by atoms with Crippen molar-refractivity contribution in [1.29, 1.82) is 0 Å². The molecule has 3 N–H and O–H groups in total. The number of carbonyl (C=O) groups excluding carboxylic acids is 1. The second kappa shape index (κ2) is 7.61. The summed E-state index contributed by atoms with van der Waals surface area (Å²) in [7, 11) is -0.811. The van der Waals surface area contributed by atoms with Gasteiger partial charge in [-0.15, -0.1) is 0 Å². The number of amides is 1. The molecule has 2 atom stereocenters. The van der Waals surface area contributed by atoms with Gasteiger partial charge >= 0.3 is 0 Å². The Kier molecular flexibility index (Phi) is 5.31. The van der Waals surface area contributed by atoms with Gasteiger partial charge in [-0.2, -0.15) is 4.72 Å². The van der Waals surface area contributed by atoms with Crippen LogP contribution in [0, 0.1) is 0 Å². The van der Waals surface area contributed by atoms with Crippen molar-refractivity contribution in [2.45, 2.75) is 43.4 Å². The average molecular weight is 458 g/mol. The molecule has 0 fully saturated rings. The lowest BCUT2D eigenvalue weighted by molar-refractivity contribution is -0.121. The highest BCUT2D eigenvalue weighted by molar-refractivity contribution is 7.89. The average Bonchev–Trinajstić information content (AvgIpc) is 3.08. The summed E-state index contributed by atoms with van der Waals surface area (Å²) in [5.74, 6) is -0.339. The molecule has 170 valence electrons. The van der Waals surface area contributed by atoms with Gasteiger partial charge in [-0.25, -0.2) is 8.42 Å². The van der Waals surface area contributed by atoms with Crippen LogP contribution in [0.25, 0.3) is 10.9 Å². The Hall–Kier alpha value is -2.88. The second-order valence-corrected chi connectivity index (χ2v) is 9.69. The molecule has 0 saturated carbocycles. The van der Waals surface area contributed by atoms with Crippen LogP contribution in [0.5, 0.6) is 5.75 Å². The molecule has 2 aromatic carbocycles. The molecule has 3 aromatic rings. The van der Waals surface area contributed by atoms with Crippen LogP contribution >= 0.6 is 0 Å². The molecule has 32 heavy (non-hydrogen) atoms. The molecule has 5 rings (SSSR count). The van der Waals surface area contributed by atoms with Crippen molar-refractivity contribution in [2.24, 2.45) is 5.73 Å². The zero-order chi connectivity index (χ0) is 22.0. The second-order valence-electron chi connectivity index (χ2n) is 8.01. The van der Waals surface area contributed by atoms with Crippen LogP contribution in [0.1, 0.15) is 43.0 Å². The lowest BCUT2D eigenvalue weighted by Gasteiger charge is -2.39. The lowest BCUT2D eigenvalue weighted by Crippen LogP contribution is -2.51. The fraction of sp³-hybridized carbons (Fsp3) is 0.348. The molecular weight excluding hydrogens is 430 g/mol. The molecule has 1 aliphatic carbocycles. The standard InChI is InChI=1S/C22H23N3O5S.CH4/c1-29-14-6-7-16-18(11-14)25-12-13-4-3-5-15(10-13)31(27,28)24-22(30-2)9-8-17(21(23)26)19(16)20(22)25;/h3-7,10-11,17,24H,8-9,12H2,1-2H3,(H2,23,26);1H4. The van der Waals surface area contributed by atoms with Gasteiger partial charge in [0, 0.05) is 25.1 Å². The van der Waals surface area contributed by atoms with Crippen molar-refractivity contribution in [2.75, 3.05) is 14.2 Å². The summed E-state index contributed by atoms with van der Waals surface area (Å²) in [4.78, 5) is 12.6.